The standard InChI is InChI=1S/C20H23NO3/c1-24-20(23)16-8-6-14(7-9-16)13-21-19(22)18-11-10-15-4-2-3-5-17(15)12-18/h2-5,10-12,14,16H,6-9,13H2,1H3,(H,21,22). The number of hydrogen-bond acceptors (Lipinski definition) is 3. The summed E-state index contributed by atoms with van der Waals surface area (Å²) >= 11 is 0. The van der Waals surface area contributed by atoms with Crippen LogP contribution in [-0.4, -0.2) is 25.5 Å². The molecule has 1 N–H and O–H groups in total. The molecule has 0 atom stereocenters. The predicted octanol–water partition coefficient (Wildman–Crippen LogP) is 3.55. The van der Waals surface area contributed by atoms with Gasteiger partial charge in [-0.15, -0.1) is 0 Å². The van der Waals surface area contributed by atoms with Gasteiger partial charge in [-0.3, -0.25) is 9.59 Å². The third-order valence-electron chi connectivity index (χ3n) is 4.94. The molecule has 2 aromatic carbocycles. The predicted molar refractivity (Wildman–Crippen MR) is 93.7 cm³/mol. The monoisotopic (exact) mass is 325 g/mol. The summed E-state index contributed by atoms with van der Waals surface area (Å²) in [6, 6.07) is 13.8. The third-order valence-corrected chi connectivity index (χ3v) is 4.94. The first-order valence-electron chi connectivity index (χ1n) is 8.52. The first-order valence-corrected chi connectivity index (χ1v) is 8.52. The van der Waals surface area contributed by atoms with E-state index < -0.39 is 0 Å². The number of carbonyl (C=O) groups excluding carboxylic acids is 2. The van der Waals surface area contributed by atoms with E-state index in [0.29, 0.717) is 18.0 Å². The molecule has 0 aliphatic heterocycles. The lowest BCUT2D eigenvalue weighted by atomic mass is 9.82. The van der Waals surface area contributed by atoms with Gasteiger partial charge in [0, 0.05) is 12.1 Å². The Morgan fingerprint density at radius 3 is 2.46 bits per heavy atom. The van der Waals surface area contributed by atoms with Gasteiger partial charge in [-0.25, -0.2) is 0 Å². The summed E-state index contributed by atoms with van der Waals surface area (Å²) in [6.07, 6.45) is 3.61. The van der Waals surface area contributed by atoms with Gasteiger partial charge >= 0.3 is 5.97 Å². The molecule has 1 aliphatic rings. The van der Waals surface area contributed by atoms with Crippen molar-refractivity contribution in [1.29, 1.82) is 0 Å². The van der Waals surface area contributed by atoms with Crippen LogP contribution < -0.4 is 5.32 Å². The normalized spacial score (nSPS) is 20.5. The van der Waals surface area contributed by atoms with Crippen LogP contribution >= 0.6 is 0 Å². The molecular formula is C20H23NO3. The van der Waals surface area contributed by atoms with E-state index in [2.05, 4.69) is 5.32 Å². The summed E-state index contributed by atoms with van der Waals surface area (Å²) < 4.78 is 4.81. The number of esters is 1. The highest BCUT2D eigenvalue weighted by atomic mass is 16.5. The number of benzene rings is 2. The van der Waals surface area contributed by atoms with Crippen molar-refractivity contribution < 1.29 is 14.3 Å². The molecule has 126 valence electrons. The van der Waals surface area contributed by atoms with Gasteiger partial charge in [0.25, 0.3) is 5.91 Å². The molecule has 0 heterocycles. The fourth-order valence-corrected chi connectivity index (χ4v) is 3.44. The number of carbonyl (C=O) groups is 2. The van der Waals surface area contributed by atoms with Crippen molar-refractivity contribution in [3.63, 3.8) is 0 Å². The topological polar surface area (TPSA) is 55.4 Å². The molecule has 0 saturated heterocycles. The number of rotatable bonds is 4. The highest BCUT2D eigenvalue weighted by molar-refractivity contribution is 5.98. The molecule has 0 radical (unpaired) electrons. The minimum atomic E-state index is -0.103. The Balaban J connectivity index is 1.53. The van der Waals surface area contributed by atoms with Gasteiger partial charge in [0.05, 0.1) is 13.0 Å². The first kappa shape index (κ1) is 16.5. The average Bonchev–Trinajstić information content (AvgIpc) is 2.65. The van der Waals surface area contributed by atoms with Crippen LogP contribution in [0.4, 0.5) is 0 Å². The smallest absolute Gasteiger partial charge is 0.308 e. The Morgan fingerprint density at radius 2 is 1.75 bits per heavy atom. The molecule has 0 spiro atoms. The van der Waals surface area contributed by atoms with Crippen LogP contribution in [0.1, 0.15) is 36.0 Å². The lowest BCUT2D eigenvalue weighted by Gasteiger charge is -2.27. The summed E-state index contributed by atoms with van der Waals surface area (Å²) in [7, 11) is 1.44. The second-order valence-corrected chi connectivity index (χ2v) is 6.51. The largest absolute Gasteiger partial charge is 0.469 e. The maximum Gasteiger partial charge on any atom is 0.308 e. The Hall–Kier alpha value is -2.36. The van der Waals surface area contributed by atoms with Crippen LogP contribution in [0.3, 0.4) is 0 Å². The maximum atomic E-state index is 12.4. The van der Waals surface area contributed by atoms with Gasteiger partial charge in [-0.2, -0.15) is 0 Å². The second kappa shape index (κ2) is 7.47. The van der Waals surface area contributed by atoms with Gasteiger partial charge in [0.1, 0.15) is 0 Å². The number of amides is 1. The lowest BCUT2D eigenvalue weighted by molar-refractivity contribution is -0.146. The molecule has 24 heavy (non-hydrogen) atoms. The van der Waals surface area contributed by atoms with Crippen LogP contribution in [0, 0.1) is 11.8 Å². The van der Waals surface area contributed by atoms with Crippen molar-refractivity contribution >= 4 is 22.6 Å². The molecule has 3 rings (SSSR count). The van der Waals surface area contributed by atoms with E-state index in [4.69, 9.17) is 4.74 Å². The minimum absolute atomic E-state index is 0.0300. The molecule has 1 fully saturated rings. The highest BCUT2D eigenvalue weighted by Crippen LogP contribution is 2.29. The number of ether oxygens (including phenoxy) is 1. The lowest BCUT2D eigenvalue weighted by Crippen LogP contribution is -2.32. The Bertz CT molecular complexity index is 732. The summed E-state index contributed by atoms with van der Waals surface area (Å²) in [4.78, 5) is 23.9. The number of methoxy groups -OCH3 is 1. The molecular weight excluding hydrogens is 302 g/mol. The molecule has 1 amide bonds. The first-order chi connectivity index (χ1) is 11.7. The van der Waals surface area contributed by atoms with Crippen molar-refractivity contribution in [3.05, 3.63) is 48.0 Å². The van der Waals surface area contributed by atoms with E-state index in [9.17, 15) is 9.59 Å². The number of nitrogens with one attached hydrogen (secondary N) is 1. The molecule has 1 saturated carbocycles. The van der Waals surface area contributed by atoms with Crippen LogP contribution in [0.25, 0.3) is 10.8 Å². The zero-order valence-electron chi connectivity index (χ0n) is 14.0. The third kappa shape index (κ3) is 3.75. The van der Waals surface area contributed by atoms with Crippen LogP contribution in [0.2, 0.25) is 0 Å². The van der Waals surface area contributed by atoms with E-state index >= 15 is 0 Å². The SMILES string of the molecule is COC(=O)C1CCC(CNC(=O)c2ccc3ccccc3c2)CC1. The zero-order valence-corrected chi connectivity index (χ0v) is 14.0. The van der Waals surface area contributed by atoms with Gasteiger partial charge in [-0.1, -0.05) is 30.3 Å². The zero-order chi connectivity index (χ0) is 16.9. The van der Waals surface area contributed by atoms with Gasteiger partial charge in [0.15, 0.2) is 0 Å². The molecule has 4 heteroatoms. The summed E-state index contributed by atoms with van der Waals surface area (Å²) in [5.74, 6) is 0.335. The van der Waals surface area contributed by atoms with Crippen LogP contribution in [0.15, 0.2) is 42.5 Å². The Morgan fingerprint density at radius 1 is 1.04 bits per heavy atom. The number of hydrogen-bond donors (Lipinski definition) is 1. The average molecular weight is 325 g/mol. The van der Waals surface area contributed by atoms with E-state index in [1.54, 1.807) is 0 Å². The van der Waals surface area contributed by atoms with Crippen molar-refractivity contribution in [2.24, 2.45) is 11.8 Å². The van der Waals surface area contributed by atoms with Gasteiger partial charge in [0.2, 0.25) is 0 Å². The summed E-state index contributed by atoms with van der Waals surface area (Å²) in [5, 5.41) is 5.24. The van der Waals surface area contributed by atoms with Gasteiger partial charge < -0.3 is 10.1 Å². The second-order valence-electron chi connectivity index (χ2n) is 6.51. The Kier molecular flexibility index (Phi) is 5.14. The van der Waals surface area contributed by atoms with Crippen LogP contribution in [0.5, 0.6) is 0 Å². The fraction of sp³-hybridized carbons (Fsp3) is 0.400. The fourth-order valence-electron chi connectivity index (χ4n) is 3.44. The molecule has 2 aromatic rings. The van der Waals surface area contributed by atoms with E-state index in [0.717, 1.165) is 36.5 Å². The van der Waals surface area contributed by atoms with E-state index in [1.807, 2.05) is 42.5 Å². The molecule has 0 bridgehead atoms. The minimum Gasteiger partial charge on any atom is -0.469 e. The molecule has 0 aromatic heterocycles. The highest BCUT2D eigenvalue weighted by Gasteiger charge is 2.27. The molecule has 0 unspecified atom stereocenters. The molecule has 4 nitrogen and oxygen atoms in total. The maximum absolute atomic E-state index is 12.4. The Labute approximate surface area is 142 Å². The number of fused-ring (bicyclic) bond motifs is 1. The van der Waals surface area contributed by atoms with Crippen molar-refractivity contribution in [2.45, 2.75) is 25.7 Å². The molecule has 1 aliphatic carbocycles. The summed E-state index contributed by atoms with van der Waals surface area (Å²) in [6.45, 7) is 0.666. The van der Waals surface area contributed by atoms with Crippen molar-refractivity contribution in [3.8, 4) is 0 Å². The van der Waals surface area contributed by atoms with Gasteiger partial charge in [-0.05, 0) is 54.5 Å². The van der Waals surface area contributed by atoms with Crippen LogP contribution in [-0.2, 0) is 9.53 Å². The van der Waals surface area contributed by atoms with E-state index in [-0.39, 0.29) is 17.8 Å². The van der Waals surface area contributed by atoms with Crippen molar-refractivity contribution in [1.82, 2.24) is 5.32 Å². The van der Waals surface area contributed by atoms with Crippen molar-refractivity contribution in [2.75, 3.05) is 13.7 Å². The quantitative estimate of drug-likeness (QED) is 0.875. The summed E-state index contributed by atoms with van der Waals surface area (Å²) in [5.41, 5.74) is 0.692. The van der Waals surface area contributed by atoms with E-state index in [1.165, 1.54) is 7.11 Å².